The van der Waals surface area contributed by atoms with Gasteiger partial charge in [0, 0.05) is 10.9 Å². The largest absolute Gasteiger partial charge is 0.458 e. The molecule has 2 rings (SSSR count). The second-order valence-corrected chi connectivity index (χ2v) is 3.90. The highest BCUT2D eigenvalue weighted by Gasteiger charge is 2.14. The third kappa shape index (κ3) is 1.31. The molecule has 2 N–H and O–H groups in total. The van der Waals surface area contributed by atoms with Gasteiger partial charge in [-0.05, 0) is 19.9 Å². The summed E-state index contributed by atoms with van der Waals surface area (Å²) in [6.07, 6.45) is 0. The number of hydrogen-bond donors (Lipinski definition) is 1. The van der Waals surface area contributed by atoms with Gasteiger partial charge in [0.2, 0.25) is 0 Å². The van der Waals surface area contributed by atoms with Crippen molar-refractivity contribution >= 4 is 22.6 Å². The van der Waals surface area contributed by atoms with E-state index in [1.807, 2.05) is 32.0 Å². The molecule has 74 valence electrons. The van der Waals surface area contributed by atoms with Crippen LogP contribution >= 0.6 is 11.6 Å². The maximum Gasteiger partial charge on any atom is 0.153 e. The molecule has 0 radical (unpaired) electrons. The fraction of sp³-hybridized carbons (Fsp3) is 0.273. The lowest BCUT2D eigenvalue weighted by Gasteiger charge is -2.00. The van der Waals surface area contributed by atoms with Gasteiger partial charge in [-0.3, -0.25) is 0 Å². The van der Waals surface area contributed by atoms with E-state index in [1.54, 1.807) is 0 Å². The molecule has 0 aliphatic heterocycles. The Kier molecular flexibility index (Phi) is 2.25. The first-order valence-corrected chi connectivity index (χ1v) is 4.92. The number of aryl methyl sites for hydroxylation is 1. The predicted molar refractivity (Wildman–Crippen MR) is 58.6 cm³/mol. The number of nitrogens with two attached hydrogens (primary N) is 1. The first kappa shape index (κ1) is 9.56. The zero-order valence-electron chi connectivity index (χ0n) is 8.17. The van der Waals surface area contributed by atoms with Gasteiger partial charge in [-0.2, -0.15) is 0 Å². The van der Waals surface area contributed by atoms with Crippen molar-refractivity contribution in [2.45, 2.75) is 19.9 Å². The minimum Gasteiger partial charge on any atom is -0.458 e. The average Bonchev–Trinajstić information content (AvgIpc) is 2.46. The Morgan fingerprint density at radius 3 is 2.71 bits per heavy atom. The molecule has 0 fully saturated rings. The van der Waals surface area contributed by atoms with Crippen LogP contribution in [0.5, 0.6) is 0 Å². The summed E-state index contributed by atoms with van der Waals surface area (Å²) in [5, 5.41) is 1.68. The fourth-order valence-electron chi connectivity index (χ4n) is 1.66. The molecular formula is C11H12ClNO. The van der Waals surface area contributed by atoms with Gasteiger partial charge in [-0.1, -0.05) is 23.7 Å². The van der Waals surface area contributed by atoms with Crippen molar-refractivity contribution < 1.29 is 4.42 Å². The third-order valence-electron chi connectivity index (χ3n) is 2.37. The van der Waals surface area contributed by atoms with Crippen molar-refractivity contribution in [3.63, 3.8) is 0 Å². The molecule has 0 bridgehead atoms. The highest BCUT2D eigenvalue weighted by atomic mass is 35.5. The van der Waals surface area contributed by atoms with Gasteiger partial charge < -0.3 is 10.2 Å². The van der Waals surface area contributed by atoms with Crippen molar-refractivity contribution in [1.82, 2.24) is 0 Å². The summed E-state index contributed by atoms with van der Waals surface area (Å²) >= 11 is 6.01. The molecule has 0 saturated carbocycles. The lowest BCUT2D eigenvalue weighted by Crippen LogP contribution is -2.04. The Hall–Kier alpha value is -0.990. The Balaban J connectivity index is 2.80. The molecule has 0 saturated heterocycles. The van der Waals surface area contributed by atoms with E-state index in [0.29, 0.717) is 5.02 Å². The summed E-state index contributed by atoms with van der Waals surface area (Å²) in [6.45, 7) is 3.90. The molecule has 0 aliphatic rings. The highest BCUT2D eigenvalue weighted by molar-refractivity contribution is 6.34. The van der Waals surface area contributed by atoms with Crippen LogP contribution in [0.3, 0.4) is 0 Å². The average molecular weight is 210 g/mol. The molecule has 1 unspecified atom stereocenters. The van der Waals surface area contributed by atoms with Crippen LogP contribution in [-0.4, -0.2) is 0 Å². The molecular weight excluding hydrogens is 198 g/mol. The van der Waals surface area contributed by atoms with Crippen LogP contribution in [0.2, 0.25) is 5.02 Å². The lowest BCUT2D eigenvalue weighted by molar-refractivity contribution is 0.509. The summed E-state index contributed by atoms with van der Waals surface area (Å²) < 4.78 is 5.63. The van der Waals surface area contributed by atoms with E-state index in [4.69, 9.17) is 21.8 Å². The van der Waals surface area contributed by atoms with Gasteiger partial charge in [0.25, 0.3) is 0 Å². The predicted octanol–water partition coefficient (Wildman–Crippen LogP) is 3.41. The van der Waals surface area contributed by atoms with Gasteiger partial charge in [0.05, 0.1) is 11.1 Å². The van der Waals surface area contributed by atoms with Crippen molar-refractivity contribution in [1.29, 1.82) is 0 Å². The number of fused-ring (bicyclic) bond motifs is 1. The molecule has 3 heteroatoms. The Labute approximate surface area is 87.6 Å². The van der Waals surface area contributed by atoms with Crippen LogP contribution in [0.4, 0.5) is 0 Å². The molecule has 1 heterocycles. The number of benzene rings is 1. The molecule has 1 aromatic heterocycles. The minimum absolute atomic E-state index is 0.0986. The van der Waals surface area contributed by atoms with Gasteiger partial charge in [-0.25, -0.2) is 0 Å². The molecule has 1 aromatic carbocycles. The molecule has 0 spiro atoms. The van der Waals surface area contributed by atoms with E-state index in [9.17, 15) is 0 Å². The van der Waals surface area contributed by atoms with E-state index in [1.165, 1.54) is 0 Å². The summed E-state index contributed by atoms with van der Waals surface area (Å²) in [5.74, 6) is 0.813. The fourth-order valence-corrected chi connectivity index (χ4v) is 1.87. The van der Waals surface area contributed by atoms with E-state index in [2.05, 4.69) is 0 Å². The van der Waals surface area contributed by atoms with E-state index in [-0.39, 0.29) is 6.04 Å². The highest BCUT2D eigenvalue weighted by Crippen LogP contribution is 2.32. The maximum atomic E-state index is 6.01. The first-order valence-electron chi connectivity index (χ1n) is 4.54. The van der Waals surface area contributed by atoms with E-state index < -0.39 is 0 Å². The monoisotopic (exact) mass is 209 g/mol. The third-order valence-corrected chi connectivity index (χ3v) is 2.66. The number of para-hydroxylation sites is 1. The van der Waals surface area contributed by atoms with E-state index >= 15 is 0 Å². The summed E-state index contributed by atoms with van der Waals surface area (Å²) in [6, 6.07) is 5.63. The van der Waals surface area contributed by atoms with Crippen molar-refractivity contribution in [3.8, 4) is 0 Å². The van der Waals surface area contributed by atoms with Crippen LogP contribution in [0.1, 0.15) is 24.3 Å². The number of halogens is 1. The van der Waals surface area contributed by atoms with Crippen molar-refractivity contribution in [2.75, 3.05) is 0 Å². The smallest absolute Gasteiger partial charge is 0.153 e. The molecule has 2 aromatic rings. The van der Waals surface area contributed by atoms with Crippen LogP contribution in [0, 0.1) is 6.92 Å². The van der Waals surface area contributed by atoms with Crippen molar-refractivity contribution in [3.05, 3.63) is 34.5 Å². The second-order valence-electron chi connectivity index (χ2n) is 3.50. The Morgan fingerprint density at radius 1 is 1.43 bits per heavy atom. The standard InChI is InChI=1S/C11H12ClNO/c1-6-8-4-3-5-9(12)11(8)14-10(6)7(2)13/h3-5,7H,13H2,1-2H3. The quantitative estimate of drug-likeness (QED) is 0.782. The second kappa shape index (κ2) is 3.30. The summed E-state index contributed by atoms with van der Waals surface area (Å²) in [5.41, 5.74) is 7.61. The topological polar surface area (TPSA) is 39.2 Å². The number of rotatable bonds is 1. The first-order chi connectivity index (χ1) is 6.61. The molecule has 1 atom stereocenters. The van der Waals surface area contributed by atoms with Crippen LogP contribution < -0.4 is 5.73 Å². The Morgan fingerprint density at radius 2 is 2.14 bits per heavy atom. The van der Waals surface area contributed by atoms with Gasteiger partial charge in [0.1, 0.15) is 5.76 Å². The normalized spacial score (nSPS) is 13.4. The number of hydrogen-bond acceptors (Lipinski definition) is 2. The minimum atomic E-state index is -0.0986. The number of furan rings is 1. The zero-order chi connectivity index (χ0) is 10.3. The molecule has 0 aliphatic carbocycles. The maximum absolute atomic E-state index is 6.01. The SMILES string of the molecule is Cc1c(C(C)N)oc2c(Cl)cccc12. The van der Waals surface area contributed by atoms with Gasteiger partial charge in [0.15, 0.2) is 5.58 Å². The molecule has 2 nitrogen and oxygen atoms in total. The van der Waals surface area contributed by atoms with Gasteiger partial charge >= 0.3 is 0 Å². The van der Waals surface area contributed by atoms with Crippen LogP contribution in [0.15, 0.2) is 22.6 Å². The van der Waals surface area contributed by atoms with Crippen LogP contribution in [0.25, 0.3) is 11.0 Å². The zero-order valence-corrected chi connectivity index (χ0v) is 8.93. The molecule has 14 heavy (non-hydrogen) atoms. The summed E-state index contributed by atoms with van der Waals surface area (Å²) in [4.78, 5) is 0. The van der Waals surface area contributed by atoms with Crippen LogP contribution in [-0.2, 0) is 0 Å². The van der Waals surface area contributed by atoms with Gasteiger partial charge in [-0.15, -0.1) is 0 Å². The summed E-state index contributed by atoms with van der Waals surface area (Å²) in [7, 11) is 0. The Bertz CT molecular complexity index is 473. The van der Waals surface area contributed by atoms with E-state index in [0.717, 1.165) is 22.3 Å². The molecule has 0 amide bonds. The lowest BCUT2D eigenvalue weighted by atomic mass is 10.1. The van der Waals surface area contributed by atoms with Crippen molar-refractivity contribution in [2.24, 2.45) is 5.73 Å².